The topological polar surface area (TPSA) is 99.0 Å². The molecule has 0 spiro atoms. The zero-order valence-electron chi connectivity index (χ0n) is 16.9. The third kappa shape index (κ3) is 4.70. The fourth-order valence-electron chi connectivity index (χ4n) is 3.28. The van der Waals surface area contributed by atoms with Gasteiger partial charge in [0.25, 0.3) is 5.56 Å². The Balaban J connectivity index is 1.62. The number of carbonyl (C=O) groups is 1. The number of fused-ring (bicyclic) bond motifs is 1. The quantitative estimate of drug-likeness (QED) is 0.393. The molecule has 3 heterocycles. The number of benzene rings is 1. The lowest BCUT2D eigenvalue weighted by molar-refractivity contribution is -0.116. The van der Waals surface area contributed by atoms with E-state index in [9.17, 15) is 26.8 Å². The van der Waals surface area contributed by atoms with Crippen molar-refractivity contribution in [2.24, 2.45) is 0 Å². The summed E-state index contributed by atoms with van der Waals surface area (Å²) in [6, 6.07) is 7.25. The third-order valence-corrected chi connectivity index (χ3v) is 8.18. The van der Waals surface area contributed by atoms with Crippen LogP contribution in [0.2, 0.25) is 4.34 Å². The first-order valence-electron chi connectivity index (χ1n) is 9.38. The Morgan fingerprint density at radius 3 is 2.61 bits per heavy atom. The number of ketones is 1. The van der Waals surface area contributed by atoms with Crippen molar-refractivity contribution in [3.8, 4) is 5.82 Å². The Kier molecular flexibility index (Phi) is 6.12. The van der Waals surface area contributed by atoms with Crippen molar-refractivity contribution in [2.45, 2.75) is 17.6 Å². The molecule has 7 nitrogen and oxygen atoms in total. The van der Waals surface area contributed by atoms with Crippen molar-refractivity contribution in [3.05, 3.63) is 80.3 Å². The van der Waals surface area contributed by atoms with Gasteiger partial charge in [0.2, 0.25) is 0 Å². The average molecular weight is 510 g/mol. The van der Waals surface area contributed by atoms with E-state index in [2.05, 4.69) is 9.97 Å². The summed E-state index contributed by atoms with van der Waals surface area (Å²) in [5, 5.41) is -0.0417. The summed E-state index contributed by atoms with van der Waals surface area (Å²) in [6.07, 6.45) is 0.796. The van der Waals surface area contributed by atoms with Crippen molar-refractivity contribution >= 4 is 49.5 Å². The zero-order chi connectivity index (χ0) is 23.9. The minimum atomic E-state index is -3.87. The van der Waals surface area contributed by atoms with Gasteiger partial charge < -0.3 is 0 Å². The smallest absolute Gasteiger partial charge is 0.267 e. The third-order valence-electron chi connectivity index (χ3n) is 4.70. The molecule has 4 rings (SSSR count). The molecule has 12 heteroatoms. The molecule has 0 saturated heterocycles. The molecule has 33 heavy (non-hydrogen) atoms. The van der Waals surface area contributed by atoms with Crippen molar-refractivity contribution in [3.63, 3.8) is 0 Å². The number of halogens is 3. The minimum Gasteiger partial charge on any atom is -0.298 e. The summed E-state index contributed by atoms with van der Waals surface area (Å²) in [4.78, 5) is 33.3. The van der Waals surface area contributed by atoms with Crippen LogP contribution in [0.3, 0.4) is 0 Å². The molecule has 1 aromatic carbocycles. The number of rotatable bonds is 6. The molecular formula is C21H14ClF2N3O4S2. The van der Waals surface area contributed by atoms with Crippen molar-refractivity contribution in [1.82, 2.24) is 14.5 Å². The molecule has 0 unspecified atom stereocenters. The van der Waals surface area contributed by atoms with Gasteiger partial charge in [-0.2, -0.15) is 0 Å². The minimum absolute atomic E-state index is 0.0319. The van der Waals surface area contributed by atoms with Crippen LogP contribution < -0.4 is 5.56 Å². The average Bonchev–Trinajstić information content (AvgIpc) is 3.17. The number of hydrogen-bond acceptors (Lipinski definition) is 7. The van der Waals surface area contributed by atoms with Crippen LogP contribution >= 0.6 is 22.9 Å². The van der Waals surface area contributed by atoms with Crippen molar-refractivity contribution in [2.75, 3.05) is 5.75 Å². The normalized spacial score (nSPS) is 11.8. The van der Waals surface area contributed by atoms with Gasteiger partial charge in [-0.1, -0.05) is 11.6 Å². The zero-order valence-corrected chi connectivity index (χ0v) is 19.3. The van der Waals surface area contributed by atoms with E-state index < -0.39 is 38.6 Å². The number of hydrogen-bond donors (Lipinski definition) is 0. The molecule has 0 fully saturated rings. The second kappa shape index (κ2) is 8.73. The van der Waals surface area contributed by atoms with Crippen LogP contribution in [0, 0.1) is 18.6 Å². The standard InChI is InChI=1S/C21H14ClF2N3O4S2/c1-11-26-17-3-2-13(23)8-15(17)21(29)27(11)20-16(24)7-12(9-25-20)6-14(28)10-33(30,31)19-5-4-18(22)32-19/h2-5,7-9H,6,10H2,1H3. The second-order valence-corrected chi connectivity index (χ2v) is 11.1. The van der Waals surface area contributed by atoms with Gasteiger partial charge in [0, 0.05) is 12.6 Å². The van der Waals surface area contributed by atoms with Gasteiger partial charge >= 0.3 is 0 Å². The Bertz CT molecular complexity index is 1580. The first-order chi connectivity index (χ1) is 15.5. The van der Waals surface area contributed by atoms with Gasteiger partial charge in [-0.05, 0) is 48.9 Å². The largest absolute Gasteiger partial charge is 0.298 e. The lowest BCUT2D eigenvalue weighted by Gasteiger charge is -2.11. The molecule has 0 amide bonds. The summed E-state index contributed by atoms with van der Waals surface area (Å²) in [7, 11) is -3.87. The Morgan fingerprint density at radius 1 is 1.18 bits per heavy atom. The van der Waals surface area contributed by atoms with Crippen LogP contribution in [0.15, 0.2) is 51.6 Å². The summed E-state index contributed by atoms with van der Waals surface area (Å²) in [5.74, 6) is -3.23. The fraction of sp³-hybridized carbons (Fsp3) is 0.143. The molecule has 0 aliphatic carbocycles. The van der Waals surface area contributed by atoms with E-state index in [1.807, 2.05) is 0 Å². The molecule has 3 aromatic heterocycles. The van der Waals surface area contributed by atoms with Crippen LogP contribution in [0.4, 0.5) is 8.78 Å². The van der Waals surface area contributed by atoms with E-state index in [0.29, 0.717) is 0 Å². The van der Waals surface area contributed by atoms with Gasteiger partial charge in [-0.25, -0.2) is 31.7 Å². The van der Waals surface area contributed by atoms with E-state index in [4.69, 9.17) is 11.6 Å². The predicted octanol–water partition coefficient (Wildman–Crippen LogP) is 3.67. The maximum absolute atomic E-state index is 14.9. The summed E-state index contributed by atoms with van der Waals surface area (Å²) in [5.41, 5.74) is -0.315. The van der Waals surface area contributed by atoms with Crippen LogP contribution in [0.5, 0.6) is 0 Å². The number of aryl methyl sites for hydroxylation is 1. The molecule has 0 aliphatic rings. The lowest BCUT2D eigenvalue weighted by atomic mass is 10.1. The SMILES string of the molecule is Cc1nc2ccc(F)cc2c(=O)n1-c1ncc(CC(=O)CS(=O)(=O)c2ccc(Cl)s2)cc1F. The van der Waals surface area contributed by atoms with Crippen LogP contribution in [-0.4, -0.2) is 34.5 Å². The fourth-order valence-corrected chi connectivity index (χ4v) is 6.09. The Labute approximate surface area is 195 Å². The second-order valence-electron chi connectivity index (χ2n) is 7.14. The highest BCUT2D eigenvalue weighted by Crippen LogP contribution is 2.26. The number of Topliss-reactive ketones (excluding diaryl/α,β-unsaturated/α-hetero) is 1. The van der Waals surface area contributed by atoms with E-state index >= 15 is 0 Å². The van der Waals surface area contributed by atoms with Gasteiger partial charge in [0.1, 0.15) is 21.6 Å². The van der Waals surface area contributed by atoms with E-state index in [1.165, 1.54) is 31.3 Å². The van der Waals surface area contributed by atoms with Crippen LogP contribution in [0.1, 0.15) is 11.4 Å². The molecule has 0 N–H and O–H groups in total. The lowest BCUT2D eigenvalue weighted by Crippen LogP contribution is -2.24. The van der Waals surface area contributed by atoms with Gasteiger partial charge in [-0.3, -0.25) is 9.59 Å². The highest BCUT2D eigenvalue weighted by Gasteiger charge is 2.22. The summed E-state index contributed by atoms with van der Waals surface area (Å²) >= 11 is 6.59. The maximum atomic E-state index is 14.9. The molecule has 0 aliphatic heterocycles. The van der Waals surface area contributed by atoms with Crippen LogP contribution in [-0.2, 0) is 21.1 Å². The number of sulfone groups is 1. The molecule has 4 aromatic rings. The first kappa shape index (κ1) is 23.1. The van der Waals surface area contributed by atoms with E-state index in [0.717, 1.165) is 34.1 Å². The predicted molar refractivity (Wildman–Crippen MR) is 120 cm³/mol. The van der Waals surface area contributed by atoms with Crippen molar-refractivity contribution in [1.29, 1.82) is 0 Å². The monoisotopic (exact) mass is 509 g/mol. The molecule has 0 saturated carbocycles. The number of aromatic nitrogens is 3. The van der Waals surface area contributed by atoms with E-state index in [-0.39, 0.29) is 43.1 Å². The Hall–Kier alpha value is -3.02. The molecule has 0 bridgehead atoms. The van der Waals surface area contributed by atoms with Crippen molar-refractivity contribution < 1.29 is 22.0 Å². The number of carbonyl (C=O) groups excluding carboxylic acids is 1. The highest BCUT2D eigenvalue weighted by atomic mass is 35.5. The highest BCUT2D eigenvalue weighted by molar-refractivity contribution is 7.94. The Morgan fingerprint density at radius 2 is 1.94 bits per heavy atom. The number of thiophene rings is 1. The summed E-state index contributed by atoms with van der Waals surface area (Å²) in [6.45, 7) is 1.48. The first-order valence-corrected chi connectivity index (χ1v) is 12.2. The summed E-state index contributed by atoms with van der Waals surface area (Å²) < 4.78 is 54.3. The number of nitrogens with zero attached hydrogens (tertiary/aromatic N) is 3. The molecule has 0 atom stereocenters. The van der Waals surface area contributed by atoms with Gasteiger partial charge in [-0.15, -0.1) is 11.3 Å². The molecular weight excluding hydrogens is 496 g/mol. The maximum Gasteiger partial charge on any atom is 0.267 e. The van der Waals surface area contributed by atoms with Gasteiger partial charge in [0.15, 0.2) is 27.3 Å². The molecule has 0 radical (unpaired) electrons. The van der Waals surface area contributed by atoms with E-state index in [1.54, 1.807) is 0 Å². The van der Waals surface area contributed by atoms with Crippen LogP contribution in [0.25, 0.3) is 16.7 Å². The molecule has 170 valence electrons. The number of pyridine rings is 1. The van der Waals surface area contributed by atoms with Gasteiger partial charge in [0.05, 0.1) is 15.2 Å².